The van der Waals surface area contributed by atoms with Gasteiger partial charge in [-0.15, -0.1) is 0 Å². The summed E-state index contributed by atoms with van der Waals surface area (Å²) in [7, 11) is 0. The van der Waals surface area contributed by atoms with E-state index in [2.05, 4.69) is 4.74 Å². The Kier molecular flexibility index (Phi) is 4.88. The molecule has 0 spiro atoms. The van der Waals surface area contributed by atoms with Crippen LogP contribution in [0.3, 0.4) is 0 Å². The van der Waals surface area contributed by atoms with Crippen LogP contribution < -0.4 is 0 Å². The van der Waals surface area contributed by atoms with Crippen LogP contribution in [-0.4, -0.2) is 29.1 Å². The summed E-state index contributed by atoms with van der Waals surface area (Å²) in [6.07, 6.45) is -0.410. The first-order valence-corrected chi connectivity index (χ1v) is 3.19. The van der Waals surface area contributed by atoms with Crippen molar-refractivity contribution >= 4 is 5.97 Å². The highest BCUT2D eigenvalue weighted by molar-refractivity contribution is 5.69. The van der Waals surface area contributed by atoms with Crippen LogP contribution in [0.5, 0.6) is 0 Å². The summed E-state index contributed by atoms with van der Waals surface area (Å²) in [5, 5.41) is 16.8. The monoisotopic (exact) mass is 148 g/mol. The summed E-state index contributed by atoms with van der Waals surface area (Å²) >= 11 is 0. The van der Waals surface area contributed by atoms with Crippen molar-refractivity contribution < 1.29 is 19.7 Å². The van der Waals surface area contributed by atoms with Crippen LogP contribution in [0.15, 0.2) is 0 Å². The predicted octanol–water partition coefficient (Wildman–Crippen LogP) is -0.360. The van der Waals surface area contributed by atoms with E-state index in [0.29, 0.717) is 6.42 Å². The van der Waals surface area contributed by atoms with Gasteiger partial charge >= 0.3 is 5.97 Å². The smallest absolute Gasteiger partial charge is 0.308 e. The van der Waals surface area contributed by atoms with E-state index in [1.807, 2.05) is 6.92 Å². The molecule has 0 rings (SSSR count). The molecule has 0 amide bonds. The van der Waals surface area contributed by atoms with Gasteiger partial charge in [-0.3, -0.25) is 4.79 Å². The SMILES string of the molecule is CCCC(=O)OC(O)CO. The van der Waals surface area contributed by atoms with Gasteiger partial charge in [-0.05, 0) is 6.42 Å². The van der Waals surface area contributed by atoms with Crippen molar-refractivity contribution in [1.82, 2.24) is 0 Å². The molecule has 10 heavy (non-hydrogen) atoms. The Hall–Kier alpha value is -0.610. The number of rotatable bonds is 4. The lowest BCUT2D eigenvalue weighted by Gasteiger charge is -2.07. The van der Waals surface area contributed by atoms with Gasteiger partial charge in [0.1, 0.15) is 6.61 Å². The fourth-order valence-electron chi connectivity index (χ4n) is 0.452. The Morgan fingerprint density at radius 1 is 1.70 bits per heavy atom. The van der Waals surface area contributed by atoms with Gasteiger partial charge in [0.25, 0.3) is 0 Å². The first kappa shape index (κ1) is 9.39. The van der Waals surface area contributed by atoms with Crippen molar-refractivity contribution in [2.24, 2.45) is 0 Å². The van der Waals surface area contributed by atoms with E-state index in [9.17, 15) is 4.79 Å². The standard InChI is InChI=1S/C6H12O4/c1-2-3-5(8)10-6(9)4-7/h6-7,9H,2-4H2,1H3. The van der Waals surface area contributed by atoms with Crippen LogP contribution in [-0.2, 0) is 9.53 Å². The third kappa shape index (κ3) is 4.29. The van der Waals surface area contributed by atoms with Crippen molar-refractivity contribution in [1.29, 1.82) is 0 Å². The average Bonchev–Trinajstić information content (AvgIpc) is 1.88. The van der Waals surface area contributed by atoms with Crippen molar-refractivity contribution in [3.63, 3.8) is 0 Å². The van der Waals surface area contributed by atoms with E-state index in [-0.39, 0.29) is 6.42 Å². The highest BCUT2D eigenvalue weighted by Crippen LogP contribution is 1.93. The van der Waals surface area contributed by atoms with E-state index >= 15 is 0 Å². The minimum Gasteiger partial charge on any atom is -0.433 e. The Balaban J connectivity index is 3.37. The van der Waals surface area contributed by atoms with E-state index in [4.69, 9.17) is 10.2 Å². The number of esters is 1. The molecule has 0 heterocycles. The second-order valence-electron chi connectivity index (χ2n) is 1.88. The van der Waals surface area contributed by atoms with Crippen LogP contribution in [0.4, 0.5) is 0 Å². The van der Waals surface area contributed by atoms with E-state index in [0.717, 1.165) is 0 Å². The molecule has 0 aliphatic rings. The molecule has 0 fully saturated rings. The Morgan fingerprint density at radius 3 is 2.70 bits per heavy atom. The fraction of sp³-hybridized carbons (Fsp3) is 0.833. The molecule has 1 atom stereocenters. The van der Waals surface area contributed by atoms with Crippen LogP contribution in [0, 0.1) is 0 Å². The van der Waals surface area contributed by atoms with E-state index in [1.165, 1.54) is 0 Å². The molecule has 0 aliphatic heterocycles. The quantitative estimate of drug-likeness (QED) is 0.422. The molecule has 0 radical (unpaired) electrons. The highest BCUT2D eigenvalue weighted by Gasteiger charge is 2.07. The van der Waals surface area contributed by atoms with Crippen molar-refractivity contribution in [2.45, 2.75) is 26.1 Å². The zero-order valence-corrected chi connectivity index (χ0v) is 5.91. The summed E-state index contributed by atoms with van der Waals surface area (Å²) in [5.41, 5.74) is 0. The van der Waals surface area contributed by atoms with Gasteiger partial charge in [-0.1, -0.05) is 6.92 Å². The topological polar surface area (TPSA) is 66.8 Å². The van der Waals surface area contributed by atoms with Gasteiger partial charge in [-0.2, -0.15) is 0 Å². The van der Waals surface area contributed by atoms with Crippen LogP contribution in [0.25, 0.3) is 0 Å². The fourth-order valence-corrected chi connectivity index (χ4v) is 0.452. The summed E-state index contributed by atoms with van der Waals surface area (Å²) in [4.78, 5) is 10.5. The zero-order valence-electron chi connectivity index (χ0n) is 5.91. The third-order valence-corrected chi connectivity index (χ3v) is 0.878. The first-order valence-electron chi connectivity index (χ1n) is 3.19. The molecule has 0 aromatic rings. The Bertz CT molecular complexity index is 102. The minimum absolute atomic E-state index is 0.275. The maximum Gasteiger partial charge on any atom is 0.308 e. The first-order chi connectivity index (χ1) is 4.70. The maximum atomic E-state index is 10.5. The molecule has 0 aromatic carbocycles. The van der Waals surface area contributed by atoms with E-state index < -0.39 is 18.9 Å². The van der Waals surface area contributed by atoms with Gasteiger partial charge in [0.15, 0.2) is 0 Å². The largest absolute Gasteiger partial charge is 0.433 e. The summed E-state index contributed by atoms with van der Waals surface area (Å²) in [6, 6.07) is 0. The van der Waals surface area contributed by atoms with E-state index in [1.54, 1.807) is 0 Å². The Morgan fingerprint density at radius 2 is 2.30 bits per heavy atom. The molecule has 0 saturated heterocycles. The van der Waals surface area contributed by atoms with Crippen molar-refractivity contribution in [3.8, 4) is 0 Å². The molecular formula is C6H12O4. The number of hydrogen-bond acceptors (Lipinski definition) is 4. The number of aliphatic hydroxyl groups is 2. The average molecular weight is 148 g/mol. The maximum absolute atomic E-state index is 10.5. The summed E-state index contributed by atoms with van der Waals surface area (Å²) in [5.74, 6) is -0.482. The van der Waals surface area contributed by atoms with Gasteiger partial charge < -0.3 is 14.9 Å². The number of hydrogen-bond donors (Lipinski definition) is 2. The minimum atomic E-state index is -1.36. The lowest BCUT2D eigenvalue weighted by Crippen LogP contribution is -2.20. The van der Waals surface area contributed by atoms with Crippen LogP contribution >= 0.6 is 0 Å². The molecule has 0 saturated carbocycles. The molecule has 4 heteroatoms. The number of ether oxygens (including phenoxy) is 1. The van der Waals surface area contributed by atoms with Crippen LogP contribution in [0.2, 0.25) is 0 Å². The molecular weight excluding hydrogens is 136 g/mol. The molecule has 0 aliphatic carbocycles. The molecule has 0 bridgehead atoms. The zero-order chi connectivity index (χ0) is 7.98. The second-order valence-corrected chi connectivity index (χ2v) is 1.88. The van der Waals surface area contributed by atoms with Crippen LogP contribution in [0.1, 0.15) is 19.8 Å². The molecule has 2 N–H and O–H groups in total. The molecule has 60 valence electrons. The lowest BCUT2D eigenvalue weighted by atomic mass is 10.3. The van der Waals surface area contributed by atoms with Crippen molar-refractivity contribution in [2.75, 3.05) is 6.61 Å². The molecule has 0 aromatic heterocycles. The number of carbonyl (C=O) groups excluding carboxylic acids is 1. The van der Waals surface area contributed by atoms with Gasteiger partial charge in [0.05, 0.1) is 0 Å². The number of carbonyl (C=O) groups is 1. The highest BCUT2D eigenvalue weighted by atomic mass is 16.6. The number of aliphatic hydroxyl groups excluding tert-OH is 2. The summed E-state index contributed by atoms with van der Waals surface area (Å²) in [6.45, 7) is 1.28. The third-order valence-electron chi connectivity index (χ3n) is 0.878. The molecule has 1 unspecified atom stereocenters. The van der Waals surface area contributed by atoms with Crippen molar-refractivity contribution in [3.05, 3.63) is 0 Å². The lowest BCUT2D eigenvalue weighted by molar-refractivity contribution is -0.173. The normalized spacial score (nSPS) is 12.7. The molecule has 4 nitrogen and oxygen atoms in total. The second kappa shape index (κ2) is 5.20. The Labute approximate surface area is 59.4 Å². The summed E-state index contributed by atoms with van der Waals surface area (Å²) < 4.78 is 4.31. The van der Waals surface area contributed by atoms with Gasteiger partial charge in [0, 0.05) is 6.42 Å². The predicted molar refractivity (Wildman–Crippen MR) is 34.1 cm³/mol. The van der Waals surface area contributed by atoms with Gasteiger partial charge in [0.2, 0.25) is 6.29 Å². The van der Waals surface area contributed by atoms with Gasteiger partial charge in [-0.25, -0.2) is 0 Å².